The molecule has 0 aromatic heterocycles. The third kappa shape index (κ3) is 3.84. The van der Waals surface area contributed by atoms with Crippen molar-refractivity contribution >= 4 is 27.3 Å². The topological polar surface area (TPSA) is 81.7 Å². The molecule has 1 atom stereocenters. The minimum atomic E-state index is -2.94. The highest BCUT2D eigenvalue weighted by molar-refractivity contribution is 7.91. The first kappa shape index (κ1) is 16.9. The summed E-state index contributed by atoms with van der Waals surface area (Å²) in [5.74, 6) is 0.679. The third-order valence-electron chi connectivity index (χ3n) is 3.57. The number of halogens is 1. The van der Waals surface area contributed by atoms with Gasteiger partial charge in [0.25, 0.3) is 5.91 Å². The van der Waals surface area contributed by atoms with Gasteiger partial charge < -0.3 is 14.8 Å². The largest absolute Gasteiger partial charge is 0.493 e. The van der Waals surface area contributed by atoms with Gasteiger partial charge >= 0.3 is 0 Å². The molecule has 1 amide bonds. The molecule has 1 saturated heterocycles. The van der Waals surface area contributed by atoms with E-state index in [1.165, 1.54) is 26.4 Å². The number of benzene rings is 1. The maximum Gasteiger partial charge on any atom is 0.251 e. The molecule has 0 bridgehead atoms. The molecule has 1 heterocycles. The van der Waals surface area contributed by atoms with E-state index in [4.69, 9.17) is 21.1 Å². The molecular weight excluding hydrogens is 330 g/mol. The molecule has 0 spiro atoms. The number of sulfone groups is 1. The van der Waals surface area contributed by atoms with Crippen molar-refractivity contribution in [2.75, 3.05) is 32.3 Å². The second-order valence-corrected chi connectivity index (χ2v) is 7.81. The fourth-order valence-electron chi connectivity index (χ4n) is 2.42. The lowest BCUT2D eigenvalue weighted by Gasteiger charge is -2.13. The summed E-state index contributed by atoms with van der Waals surface area (Å²) in [6.45, 7) is 0.323. The zero-order valence-corrected chi connectivity index (χ0v) is 14.0. The molecule has 1 aromatic rings. The van der Waals surface area contributed by atoms with Gasteiger partial charge in [0.15, 0.2) is 21.3 Å². The van der Waals surface area contributed by atoms with Gasteiger partial charge in [0.1, 0.15) is 0 Å². The Kier molecular flexibility index (Phi) is 5.18. The minimum Gasteiger partial charge on any atom is -0.493 e. The fourth-order valence-corrected chi connectivity index (χ4v) is 4.57. The molecule has 1 aliphatic rings. The smallest absolute Gasteiger partial charge is 0.251 e. The molecule has 1 N–H and O–H groups in total. The van der Waals surface area contributed by atoms with E-state index in [1.807, 2.05) is 0 Å². The first-order chi connectivity index (χ1) is 10.4. The van der Waals surface area contributed by atoms with Gasteiger partial charge in [0.2, 0.25) is 0 Å². The van der Waals surface area contributed by atoms with Crippen molar-refractivity contribution in [3.8, 4) is 11.5 Å². The summed E-state index contributed by atoms with van der Waals surface area (Å²) < 4.78 is 33.0. The summed E-state index contributed by atoms with van der Waals surface area (Å²) in [5, 5.41) is 3.01. The van der Waals surface area contributed by atoms with Gasteiger partial charge in [-0.05, 0) is 24.5 Å². The van der Waals surface area contributed by atoms with E-state index in [2.05, 4.69) is 5.32 Å². The Hall–Kier alpha value is -1.47. The summed E-state index contributed by atoms with van der Waals surface area (Å²) in [7, 11) is -0.0234. The number of hydrogen-bond acceptors (Lipinski definition) is 5. The van der Waals surface area contributed by atoms with Crippen LogP contribution in [0.15, 0.2) is 12.1 Å². The zero-order chi connectivity index (χ0) is 16.3. The lowest BCUT2D eigenvalue weighted by molar-refractivity contribution is 0.0948. The predicted octanol–water partition coefficient (Wildman–Crippen LogP) is 1.52. The van der Waals surface area contributed by atoms with Gasteiger partial charge in [-0.3, -0.25) is 4.79 Å². The summed E-state index contributed by atoms with van der Waals surface area (Å²) in [4.78, 5) is 12.2. The molecule has 22 heavy (non-hydrogen) atoms. The second kappa shape index (κ2) is 6.75. The maximum atomic E-state index is 12.2. The van der Waals surface area contributed by atoms with Gasteiger partial charge in [0.05, 0.1) is 30.7 Å². The fraction of sp³-hybridized carbons (Fsp3) is 0.500. The van der Waals surface area contributed by atoms with Crippen molar-refractivity contribution < 1.29 is 22.7 Å². The van der Waals surface area contributed by atoms with Crippen molar-refractivity contribution in [3.63, 3.8) is 0 Å². The van der Waals surface area contributed by atoms with Crippen molar-refractivity contribution in [1.29, 1.82) is 0 Å². The van der Waals surface area contributed by atoms with Crippen LogP contribution in [0.2, 0.25) is 5.02 Å². The Bertz CT molecular complexity index is 674. The molecule has 122 valence electrons. The highest BCUT2D eigenvalue weighted by atomic mass is 35.5. The molecular formula is C14H18ClNO5S. The van der Waals surface area contributed by atoms with Crippen LogP contribution in [0.25, 0.3) is 0 Å². The molecule has 1 aliphatic heterocycles. The van der Waals surface area contributed by atoms with E-state index in [0.29, 0.717) is 30.0 Å². The van der Waals surface area contributed by atoms with Crippen LogP contribution in [-0.2, 0) is 9.84 Å². The summed E-state index contributed by atoms with van der Waals surface area (Å²) in [6.07, 6.45) is 0.579. The summed E-state index contributed by atoms with van der Waals surface area (Å²) >= 11 is 6.06. The maximum absolute atomic E-state index is 12.2. The SMILES string of the molecule is COc1cc(C(=O)NCC2CCS(=O)(=O)C2)cc(Cl)c1OC. The van der Waals surface area contributed by atoms with E-state index in [-0.39, 0.29) is 28.4 Å². The quantitative estimate of drug-likeness (QED) is 0.873. The molecule has 0 aliphatic carbocycles. The number of carbonyl (C=O) groups is 1. The average Bonchev–Trinajstić information content (AvgIpc) is 2.83. The van der Waals surface area contributed by atoms with Crippen LogP contribution in [-0.4, -0.2) is 46.6 Å². The third-order valence-corrected chi connectivity index (χ3v) is 5.69. The average molecular weight is 348 g/mol. The first-order valence-electron chi connectivity index (χ1n) is 6.76. The number of hydrogen-bond donors (Lipinski definition) is 1. The minimum absolute atomic E-state index is 0.0374. The van der Waals surface area contributed by atoms with Crippen LogP contribution < -0.4 is 14.8 Å². The number of nitrogens with one attached hydrogen (secondary N) is 1. The molecule has 0 radical (unpaired) electrons. The molecule has 8 heteroatoms. The van der Waals surface area contributed by atoms with E-state index >= 15 is 0 Å². The van der Waals surface area contributed by atoms with Crippen LogP contribution >= 0.6 is 11.6 Å². The Morgan fingerprint density at radius 3 is 2.64 bits per heavy atom. The highest BCUT2D eigenvalue weighted by Crippen LogP contribution is 2.36. The Labute approximate surface area is 134 Å². The zero-order valence-electron chi connectivity index (χ0n) is 12.4. The second-order valence-electron chi connectivity index (χ2n) is 5.17. The van der Waals surface area contributed by atoms with Gasteiger partial charge in [0, 0.05) is 12.1 Å². The standard InChI is InChI=1S/C14H18ClNO5S/c1-20-12-6-10(5-11(15)13(12)21-2)14(17)16-7-9-3-4-22(18,19)8-9/h5-6,9H,3-4,7-8H2,1-2H3,(H,16,17). The van der Waals surface area contributed by atoms with Crippen molar-refractivity contribution in [3.05, 3.63) is 22.7 Å². The Morgan fingerprint density at radius 1 is 1.36 bits per heavy atom. The normalized spacial score (nSPS) is 19.7. The van der Waals surface area contributed by atoms with E-state index in [0.717, 1.165) is 0 Å². The van der Waals surface area contributed by atoms with Crippen molar-refractivity contribution in [1.82, 2.24) is 5.32 Å². The van der Waals surface area contributed by atoms with Crippen molar-refractivity contribution in [2.45, 2.75) is 6.42 Å². The molecule has 2 rings (SSSR count). The highest BCUT2D eigenvalue weighted by Gasteiger charge is 2.28. The molecule has 0 saturated carbocycles. The van der Waals surface area contributed by atoms with E-state index in [1.54, 1.807) is 0 Å². The van der Waals surface area contributed by atoms with Gasteiger partial charge in [-0.15, -0.1) is 0 Å². The lowest BCUT2D eigenvalue weighted by Crippen LogP contribution is -2.29. The predicted molar refractivity (Wildman–Crippen MR) is 83.7 cm³/mol. The lowest BCUT2D eigenvalue weighted by atomic mass is 10.1. The summed E-state index contributed by atoms with van der Waals surface area (Å²) in [5.41, 5.74) is 0.337. The molecule has 6 nitrogen and oxygen atoms in total. The van der Waals surface area contributed by atoms with E-state index in [9.17, 15) is 13.2 Å². The van der Waals surface area contributed by atoms with Gasteiger partial charge in [-0.1, -0.05) is 11.6 Å². The molecule has 1 unspecified atom stereocenters. The number of rotatable bonds is 5. The Balaban J connectivity index is 2.05. The number of ether oxygens (including phenoxy) is 2. The number of methoxy groups -OCH3 is 2. The Morgan fingerprint density at radius 2 is 2.09 bits per heavy atom. The van der Waals surface area contributed by atoms with Crippen LogP contribution in [0, 0.1) is 5.92 Å². The number of amides is 1. The monoisotopic (exact) mass is 347 g/mol. The summed E-state index contributed by atoms with van der Waals surface area (Å²) in [6, 6.07) is 3.02. The van der Waals surface area contributed by atoms with Gasteiger partial charge in [-0.25, -0.2) is 8.42 Å². The van der Waals surface area contributed by atoms with Crippen LogP contribution in [0.5, 0.6) is 11.5 Å². The van der Waals surface area contributed by atoms with Crippen LogP contribution in [0.3, 0.4) is 0 Å². The van der Waals surface area contributed by atoms with Crippen LogP contribution in [0.4, 0.5) is 0 Å². The first-order valence-corrected chi connectivity index (χ1v) is 8.96. The molecule has 1 fully saturated rings. The van der Waals surface area contributed by atoms with Crippen LogP contribution in [0.1, 0.15) is 16.8 Å². The van der Waals surface area contributed by atoms with Gasteiger partial charge in [-0.2, -0.15) is 0 Å². The van der Waals surface area contributed by atoms with Crippen molar-refractivity contribution in [2.24, 2.45) is 5.92 Å². The van der Waals surface area contributed by atoms with E-state index < -0.39 is 9.84 Å². The number of carbonyl (C=O) groups excluding carboxylic acids is 1. The molecule has 1 aromatic carbocycles.